The lowest BCUT2D eigenvalue weighted by atomic mass is 10.1. The van der Waals surface area contributed by atoms with Crippen LogP contribution < -0.4 is 5.32 Å². The van der Waals surface area contributed by atoms with E-state index in [4.69, 9.17) is 9.79 Å². The molecule has 5 nitrogen and oxygen atoms in total. The molecule has 18 heavy (non-hydrogen) atoms. The summed E-state index contributed by atoms with van der Waals surface area (Å²) in [7, 11) is -1.86. The summed E-state index contributed by atoms with van der Waals surface area (Å²) in [6, 6.07) is 0.571. The molecule has 0 unspecified atom stereocenters. The minimum Gasteiger partial charge on any atom is -0.324 e. The maximum Gasteiger partial charge on any atom is 0.326 e. The monoisotopic (exact) mass is 280 g/mol. The van der Waals surface area contributed by atoms with E-state index in [0.717, 1.165) is 25.9 Å². The third-order valence-corrected chi connectivity index (χ3v) is 3.99. The first-order valence-electron chi connectivity index (χ1n) is 6.87. The molecular formula is C12H29N2O3P. The molecule has 1 saturated heterocycles. The third kappa shape index (κ3) is 10.0. The van der Waals surface area contributed by atoms with Crippen molar-refractivity contribution in [2.75, 3.05) is 32.8 Å². The molecule has 3 N–H and O–H groups in total. The van der Waals surface area contributed by atoms with Crippen LogP contribution in [0.2, 0.25) is 0 Å². The molecule has 1 aliphatic heterocycles. The van der Waals surface area contributed by atoms with Gasteiger partial charge in [-0.1, -0.05) is 26.7 Å². The van der Waals surface area contributed by atoms with Crippen LogP contribution in [0.1, 0.15) is 39.5 Å². The van der Waals surface area contributed by atoms with Crippen molar-refractivity contribution < 1.29 is 14.4 Å². The van der Waals surface area contributed by atoms with Crippen molar-refractivity contribution in [2.24, 2.45) is 0 Å². The average molecular weight is 280 g/mol. The van der Waals surface area contributed by atoms with Gasteiger partial charge >= 0.3 is 7.60 Å². The van der Waals surface area contributed by atoms with Crippen molar-refractivity contribution in [3.8, 4) is 0 Å². The molecule has 1 heterocycles. The summed E-state index contributed by atoms with van der Waals surface area (Å²) < 4.78 is 10.6. The molecule has 0 atom stereocenters. The van der Waals surface area contributed by atoms with Crippen LogP contribution in [-0.2, 0) is 4.57 Å². The van der Waals surface area contributed by atoms with Gasteiger partial charge in [-0.05, 0) is 33.0 Å². The fourth-order valence-corrected chi connectivity index (χ4v) is 2.26. The Morgan fingerprint density at radius 2 is 1.72 bits per heavy atom. The Balaban J connectivity index is 0.000000631. The number of nitrogens with zero attached hydrogens (tertiary/aromatic N) is 1. The van der Waals surface area contributed by atoms with Crippen LogP contribution in [0.3, 0.4) is 0 Å². The van der Waals surface area contributed by atoms with Crippen molar-refractivity contribution in [1.82, 2.24) is 10.2 Å². The third-order valence-electron chi connectivity index (χ3n) is 3.20. The first kappa shape index (κ1) is 18.1. The van der Waals surface area contributed by atoms with Gasteiger partial charge in [-0.3, -0.25) is 4.57 Å². The predicted molar refractivity (Wildman–Crippen MR) is 76.0 cm³/mol. The van der Waals surface area contributed by atoms with E-state index in [-0.39, 0.29) is 6.16 Å². The summed E-state index contributed by atoms with van der Waals surface area (Å²) in [5.41, 5.74) is 0. The fourth-order valence-electron chi connectivity index (χ4n) is 1.72. The molecule has 1 rings (SSSR count). The van der Waals surface area contributed by atoms with Gasteiger partial charge in [0.15, 0.2) is 0 Å². The second-order valence-electron chi connectivity index (χ2n) is 4.79. The van der Waals surface area contributed by atoms with Crippen molar-refractivity contribution in [3.63, 3.8) is 0 Å². The highest BCUT2D eigenvalue weighted by atomic mass is 31.2. The fraction of sp³-hybridized carbons (Fsp3) is 1.00. The SMILES string of the molecule is CCCC.CNC1CCN(CCP(=O)(O)O)CC1. The van der Waals surface area contributed by atoms with Crippen LogP contribution in [0.25, 0.3) is 0 Å². The Hall–Kier alpha value is 0.0700. The normalized spacial score (nSPS) is 18.3. The smallest absolute Gasteiger partial charge is 0.324 e. The molecular weight excluding hydrogens is 251 g/mol. The zero-order chi connectivity index (χ0) is 14.0. The zero-order valence-corrected chi connectivity index (χ0v) is 12.8. The summed E-state index contributed by atoms with van der Waals surface area (Å²) >= 11 is 0. The predicted octanol–water partition coefficient (Wildman–Crippen LogP) is 1.65. The van der Waals surface area contributed by atoms with E-state index in [1.54, 1.807) is 0 Å². The van der Waals surface area contributed by atoms with Crippen LogP contribution >= 0.6 is 7.60 Å². The van der Waals surface area contributed by atoms with Crippen LogP contribution in [0.15, 0.2) is 0 Å². The highest BCUT2D eigenvalue weighted by molar-refractivity contribution is 7.51. The number of unbranched alkanes of at least 4 members (excludes halogenated alkanes) is 1. The Labute approximate surface area is 111 Å². The Kier molecular flexibility index (Phi) is 9.97. The van der Waals surface area contributed by atoms with Crippen molar-refractivity contribution in [3.05, 3.63) is 0 Å². The summed E-state index contributed by atoms with van der Waals surface area (Å²) in [5, 5.41) is 3.22. The maximum atomic E-state index is 10.6. The Morgan fingerprint density at radius 1 is 1.22 bits per heavy atom. The molecule has 1 aliphatic rings. The Morgan fingerprint density at radius 3 is 2.06 bits per heavy atom. The van der Waals surface area contributed by atoms with E-state index in [1.165, 1.54) is 12.8 Å². The Bertz CT molecular complexity index is 235. The molecule has 1 fully saturated rings. The number of likely N-dealkylation sites (tertiary alicyclic amines) is 1. The summed E-state index contributed by atoms with van der Waals surface area (Å²) in [6.07, 6.45) is 4.76. The largest absolute Gasteiger partial charge is 0.326 e. The van der Waals surface area contributed by atoms with Crippen LogP contribution in [0.5, 0.6) is 0 Å². The lowest BCUT2D eigenvalue weighted by Gasteiger charge is -2.31. The van der Waals surface area contributed by atoms with E-state index < -0.39 is 7.60 Å². The number of piperidine rings is 1. The van der Waals surface area contributed by atoms with Crippen LogP contribution in [-0.4, -0.2) is 53.6 Å². The average Bonchev–Trinajstić information content (AvgIpc) is 2.36. The van der Waals surface area contributed by atoms with Gasteiger partial charge in [0.1, 0.15) is 0 Å². The van der Waals surface area contributed by atoms with Gasteiger partial charge in [-0.15, -0.1) is 0 Å². The lowest BCUT2D eigenvalue weighted by molar-refractivity contribution is 0.208. The molecule has 0 radical (unpaired) electrons. The summed E-state index contributed by atoms with van der Waals surface area (Å²) in [6.45, 7) is 6.75. The van der Waals surface area contributed by atoms with E-state index >= 15 is 0 Å². The van der Waals surface area contributed by atoms with Gasteiger partial charge in [0.05, 0.1) is 6.16 Å². The quantitative estimate of drug-likeness (QED) is 0.668. The summed E-state index contributed by atoms with van der Waals surface area (Å²) in [4.78, 5) is 19.6. The van der Waals surface area contributed by atoms with E-state index in [1.807, 2.05) is 7.05 Å². The highest BCUT2D eigenvalue weighted by Crippen LogP contribution is 2.33. The lowest BCUT2D eigenvalue weighted by Crippen LogP contribution is -2.42. The molecule has 0 spiro atoms. The number of hydrogen-bond acceptors (Lipinski definition) is 3. The minimum atomic E-state index is -3.81. The molecule has 110 valence electrons. The second kappa shape index (κ2) is 9.93. The number of nitrogens with one attached hydrogen (secondary N) is 1. The maximum absolute atomic E-state index is 10.6. The molecule has 0 aromatic carbocycles. The molecule has 0 aromatic heterocycles. The summed E-state index contributed by atoms with van der Waals surface area (Å²) in [5.74, 6) is 0. The van der Waals surface area contributed by atoms with Gasteiger partial charge < -0.3 is 20.0 Å². The van der Waals surface area contributed by atoms with E-state index in [2.05, 4.69) is 24.1 Å². The number of rotatable bonds is 5. The minimum absolute atomic E-state index is 0.0166. The van der Waals surface area contributed by atoms with E-state index in [9.17, 15) is 4.57 Å². The molecule has 0 saturated carbocycles. The van der Waals surface area contributed by atoms with Crippen molar-refractivity contribution >= 4 is 7.60 Å². The van der Waals surface area contributed by atoms with Crippen molar-refractivity contribution in [1.29, 1.82) is 0 Å². The zero-order valence-electron chi connectivity index (χ0n) is 11.9. The van der Waals surface area contributed by atoms with Gasteiger partial charge in [0.25, 0.3) is 0 Å². The van der Waals surface area contributed by atoms with Crippen LogP contribution in [0.4, 0.5) is 0 Å². The highest BCUT2D eigenvalue weighted by Gasteiger charge is 2.20. The first-order chi connectivity index (χ1) is 8.42. The molecule has 0 aromatic rings. The van der Waals surface area contributed by atoms with Gasteiger partial charge in [-0.25, -0.2) is 0 Å². The number of hydrogen-bond donors (Lipinski definition) is 3. The second-order valence-corrected chi connectivity index (χ2v) is 6.57. The van der Waals surface area contributed by atoms with Gasteiger partial charge in [-0.2, -0.15) is 0 Å². The molecule has 0 bridgehead atoms. The molecule has 0 aliphatic carbocycles. The first-order valence-corrected chi connectivity index (χ1v) is 8.66. The van der Waals surface area contributed by atoms with Gasteiger partial charge in [0, 0.05) is 12.6 Å². The molecule has 6 heteroatoms. The van der Waals surface area contributed by atoms with E-state index in [0.29, 0.717) is 12.6 Å². The van der Waals surface area contributed by atoms with Crippen molar-refractivity contribution in [2.45, 2.75) is 45.6 Å². The van der Waals surface area contributed by atoms with Gasteiger partial charge in [0.2, 0.25) is 0 Å². The van der Waals surface area contributed by atoms with Crippen LogP contribution in [0, 0.1) is 0 Å². The standard InChI is InChI=1S/C8H19N2O3P.C4H10/c1-9-8-2-4-10(5-3-8)6-7-14(11,12)13;1-3-4-2/h8-9H,2-7H2,1H3,(H2,11,12,13);3-4H2,1-2H3. The topological polar surface area (TPSA) is 72.8 Å². The molecule has 0 amide bonds.